The summed E-state index contributed by atoms with van der Waals surface area (Å²) in [4.78, 5) is 40.6. The summed E-state index contributed by atoms with van der Waals surface area (Å²) in [7, 11) is 3.14. The lowest BCUT2D eigenvalue weighted by Crippen LogP contribution is -2.62. The van der Waals surface area contributed by atoms with Crippen molar-refractivity contribution in [2.45, 2.75) is 45.9 Å². The molecule has 200 valence electrons. The first kappa shape index (κ1) is 26.7. The molecule has 1 atom stereocenters. The highest BCUT2D eigenvalue weighted by molar-refractivity contribution is 6.01. The molecule has 38 heavy (non-hydrogen) atoms. The molecule has 2 heterocycles. The number of rotatable bonds is 9. The van der Waals surface area contributed by atoms with E-state index in [2.05, 4.69) is 15.7 Å². The minimum Gasteiger partial charge on any atom is -0.493 e. The number of benzene rings is 2. The molecule has 0 saturated carbocycles. The number of methoxy groups -OCH3 is 1. The van der Waals surface area contributed by atoms with Gasteiger partial charge in [-0.3, -0.25) is 19.1 Å². The van der Waals surface area contributed by atoms with Crippen molar-refractivity contribution in [1.29, 1.82) is 0 Å². The maximum absolute atomic E-state index is 13.2. The third-order valence-electron chi connectivity index (χ3n) is 6.78. The predicted octanol–water partition coefficient (Wildman–Crippen LogP) is 2.69. The van der Waals surface area contributed by atoms with Gasteiger partial charge < -0.3 is 25.0 Å². The molecule has 0 bridgehead atoms. The van der Waals surface area contributed by atoms with E-state index < -0.39 is 11.4 Å². The van der Waals surface area contributed by atoms with Crippen molar-refractivity contribution in [1.82, 2.24) is 25.3 Å². The van der Waals surface area contributed by atoms with Crippen LogP contribution in [0.5, 0.6) is 11.5 Å². The van der Waals surface area contributed by atoms with Crippen LogP contribution in [0.2, 0.25) is 0 Å². The minimum absolute atomic E-state index is 0.101. The molecule has 1 aliphatic heterocycles. The second kappa shape index (κ2) is 11.0. The summed E-state index contributed by atoms with van der Waals surface area (Å²) in [6.07, 6.45) is 0. The molecule has 4 rings (SSSR count). The Labute approximate surface area is 221 Å². The van der Waals surface area contributed by atoms with Crippen molar-refractivity contribution < 1.29 is 23.9 Å². The molecule has 3 aromatic rings. The van der Waals surface area contributed by atoms with Crippen molar-refractivity contribution in [3.8, 4) is 11.5 Å². The first-order chi connectivity index (χ1) is 18.2. The van der Waals surface area contributed by atoms with Gasteiger partial charge in [-0.05, 0) is 44.0 Å². The molecule has 2 N–H and O–H groups in total. The number of carbonyl (C=O) groups excluding carboxylic acids is 3. The van der Waals surface area contributed by atoms with Gasteiger partial charge in [-0.1, -0.05) is 35.9 Å². The Morgan fingerprint density at radius 1 is 1.03 bits per heavy atom. The van der Waals surface area contributed by atoms with E-state index in [-0.39, 0.29) is 36.3 Å². The lowest BCUT2D eigenvalue weighted by atomic mass is 9.95. The van der Waals surface area contributed by atoms with Crippen LogP contribution in [-0.4, -0.2) is 58.7 Å². The van der Waals surface area contributed by atoms with E-state index in [0.717, 1.165) is 16.7 Å². The topological polar surface area (TPSA) is 115 Å². The molecule has 10 heteroatoms. The molecule has 10 nitrogen and oxygen atoms in total. The summed E-state index contributed by atoms with van der Waals surface area (Å²) in [6.45, 7) is 6.79. The van der Waals surface area contributed by atoms with Gasteiger partial charge >= 0.3 is 0 Å². The smallest absolute Gasteiger partial charge is 0.272 e. The molecule has 0 spiro atoms. The van der Waals surface area contributed by atoms with Gasteiger partial charge in [0.15, 0.2) is 17.2 Å². The van der Waals surface area contributed by atoms with Crippen LogP contribution in [0.4, 0.5) is 0 Å². The van der Waals surface area contributed by atoms with Gasteiger partial charge in [0, 0.05) is 26.2 Å². The largest absolute Gasteiger partial charge is 0.493 e. The van der Waals surface area contributed by atoms with Gasteiger partial charge in [-0.2, -0.15) is 5.10 Å². The molecule has 1 unspecified atom stereocenters. The maximum atomic E-state index is 13.2. The number of aromatic nitrogens is 2. The first-order valence-corrected chi connectivity index (χ1v) is 12.4. The summed E-state index contributed by atoms with van der Waals surface area (Å²) in [5.74, 6) is 0.0864. The molecule has 1 aliphatic rings. The fourth-order valence-electron chi connectivity index (χ4n) is 4.29. The minimum atomic E-state index is -1.17. The maximum Gasteiger partial charge on any atom is 0.272 e. The van der Waals surface area contributed by atoms with Crippen molar-refractivity contribution in [3.63, 3.8) is 0 Å². The van der Waals surface area contributed by atoms with Crippen LogP contribution in [-0.2, 0) is 24.4 Å². The van der Waals surface area contributed by atoms with Crippen LogP contribution >= 0.6 is 0 Å². The lowest BCUT2D eigenvalue weighted by molar-refractivity contribution is -0.132. The zero-order valence-corrected chi connectivity index (χ0v) is 22.3. The highest BCUT2D eigenvalue weighted by atomic mass is 16.5. The van der Waals surface area contributed by atoms with Crippen LogP contribution in [0.1, 0.15) is 51.5 Å². The standard InChI is InChI=1S/C28H33N5O5/c1-6-38-23-12-11-20(13-24(23)37-5)16-29-25(34)21-14-22-26(35)32(4)28(3,17-33(22)31-21)27(36)30-15-19-9-7-18(2)8-10-19/h7-14H,6,15-17H2,1-5H3,(H,29,34)(H,30,36). The summed E-state index contributed by atoms with van der Waals surface area (Å²) in [5, 5.41) is 10.1. The summed E-state index contributed by atoms with van der Waals surface area (Å²) < 4.78 is 12.3. The number of amides is 3. The van der Waals surface area contributed by atoms with Gasteiger partial charge in [-0.15, -0.1) is 0 Å². The van der Waals surface area contributed by atoms with Crippen LogP contribution in [0, 0.1) is 6.92 Å². The number of hydrogen-bond donors (Lipinski definition) is 2. The summed E-state index contributed by atoms with van der Waals surface area (Å²) >= 11 is 0. The second-order valence-electron chi connectivity index (χ2n) is 9.48. The van der Waals surface area contributed by atoms with Crippen LogP contribution in [0.25, 0.3) is 0 Å². The molecule has 2 aromatic carbocycles. The Kier molecular flexibility index (Phi) is 7.70. The Morgan fingerprint density at radius 3 is 2.39 bits per heavy atom. The van der Waals surface area contributed by atoms with E-state index >= 15 is 0 Å². The molecule has 1 aromatic heterocycles. The zero-order chi connectivity index (χ0) is 27.4. The predicted molar refractivity (Wildman–Crippen MR) is 141 cm³/mol. The average molecular weight is 520 g/mol. The molecule has 0 saturated heterocycles. The zero-order valence-electron chi connectivity index (χ0n) is 22.3. The lowest BCUT2D eigenvalue weighted by Gasteiger charge is -2.40. The second-order valence-corrected chi connectivity index (χ2v) is 9.48. The van der Waals surface area contributed by atoms with Crippen molar-refractivity contribution in [3.05, 3.63) is 76.6 Å². The molecule has 0 fully saturated rings. The normalized spacial score (nSPS) is 16.6. The number of aryl methyl sites for hydroxylation is 1. The fraction of sp³-hybridized carbons (Fsp3) is 0.357. The highest BCUT2D eigenvalue weighted by Crippen LogP contribution is 2.28. The van der Waals surface area contributed by atoms with Crippen molar-refractivity contribution in [2.24, 2.45) is 0 Å². The van der Waals surface area contributed by atoms with Gasteiger partial charge in [0.05, 0.1) is 20.3 Å². The first-order valence-electron chi connectivity index (χ1n) is 12.4. The molecule has 3 amide bonds. The number of ether oxygens (including phenoxy) is 2. The van der Waals surface area contributed by atoms with Crippen molar-refractivity contribution in [2.75, 3.05) is 20.8 Å². The fourth-order valence-corrected chi connectivity index (χ4v) is 4.29. The van der Waals surface area contributed by atoms with E-state index in [1.54, 1.807) is 33.2 Å². The molecular formula is C28H33N5O5. The molecule has 0 aliphatic carbocycles. The highest BCUT2D eigenvalue weighted by Gasteiger charge is 2.46. The Hall–Kier alpha value is -4.34. The number of nitrogens with one attached hydrogen (secondary N) is 2. The Morgan fingerprint density at radius 2 is 1.71 bits per heavy atom. The van der Waals surface area contributed by atoms with Gasteiger partial charge in [-0.25, -0.2) is 0 Å². The van der Waals surface area contributed by atoms with Crippen LogP contribution in [0.3, 0.4) is 0 Å². The quantitative estimate of drug-likeness (QED) is 0.449. The number of fused-ring (bicyclic) bond motifs is 1. The monoisotopic (exact) mass is 519 g/mol. The van der Waals surface area contributed by atoms with Gasteiger partial charge in [0.25, 0.3) is 11.8 Å². The van der Waals surface area contributed by atoms with Crippen LogP contribution < -0.4 is 20.1 Å². The third kappa shape index (κ3) is 5.34. The van der Waals surface area contributed by atoms with E-state index in [0.29, 0.717) is 24.7 Å². The van der Waals surface area contributed by atoms with Crippen molar-refractivity contribution >= 4 is 17.7 Å². The summed E-state index contributed by atoms with van der Waals surface area (Å²) in [6, 6.07) is 14.7. The number of likely N-dealkylation sites (N-methyl/N-ethyl adjacent to an activating group) is 1. The van der Waals surface area contributed by atoms with Gasteiger partial charge in [0.1, 0.15) is 11.2 Å². The average Bonchev–Trinajstić information content (AvgIpc) is 3.34. The summed E-state index contributed by atoms with van der Waals surface area (Å²) in [5.41, 5.74) is 2.09. The third-order valence-corrected chi connectivity index (χ3v) is 6.78. The van der Waals surface area contributed by atoms with E-state index in [1.807, 2.05) is 44.2 Å². The number of hydrogen-bond acceptors (Lipinski definition) is 6. The number of carbonyl (C=O) groups is 3. The molecular weight excluding hydrogens is 486 g/mol. The Bertz CT molecular complexity index is 1350. The van der Waals surface area contributed by atoms with Crippen LogP contribution in [0.15, 0.2) is 48.5 Å². The van der Waals surface area contributed by atoms with Gasteiger partial charge in [0.2, 0.25) is 5.91 Å². The van der Waals surface area contributed by atoms with E-state index in [1.165, 1.54) is 15.6 Å². The number of nitrogens with zero attached hydrogens (tertiary/aromatic N) is 3. The SMILES string of the molecule is CCOc1ccc(CNC(=O)c2cc3n(n2)CC(C)(C(=O)NCc2ccc(C)cc2)N(C)C3=O)cc1OC. The van der Waals surface area contributed by atoms with E-state index in [9.17, 15) is 14.4 Å². The van der Waals surface area contributed by atoms with E-state index in [4.69, 9.17) is 9.47 Å². The Balaban J connectivity index is 1.44. The molecule has 0 radical (unpaired) electrons.